The molecule has 0 fully saturated rings. The molecule has 0 atom stereocenters. The molecule has 0 radical (unpaired) electrons. The highest BCUT2D eigenvalue weighted by atomic mass is 16.1. The minimum absolute atomic E-state index is 0.279. The topological polar surface area (TPSA) is 56.0 Å². The summed E-state index contributed by atoms with van der Waals surface area (Å²) >= 11 is 0. The Hall–Kier alpha value is -1.38. The van der Waals surface area contributed by atoms with Crippen molar-refractivity contribution in [1.29, 1.82) is 0 Å². The molecule has 0 aliphatic carbocycles. The number of hydrogen-bond donors (Lipinski definition) is 1. The molecular formula is C11H16N2O. The van der Waals surface area contributed by atoms with Crippen molar-refractivity contribution in [3.8, 4) is 0 Å². The zero-order valence-corrected chi connectivity index (χ0v) is 8.49. The van der Waals surface area contributed by atoms with Crippen LogP contribution in [-0.2, 0) is 17.6 Å². The summed E-state index contributed by atoms with van der Waals surface area (Å²) in [5.41, 5.74) is 7.05. The van der Waals surface area contributed by atoms with E-state index in [9.17, 15) is 4.79 Å². The highest BCUT2D eigenvalue weighted by Gasteiger charge is 1.99. The van der Waals surface area contributed by atoms with Crippen molar-refractivity contribution in [3.05, 3.63) is 29.6 Å². The fourth-order valence-corrected chi connectivity index (χ4v) is 1.27. The first-order valence-electron chi connectivity index (χ1n) is 4.94. The van der Waals surface area contributed by atoms with Gasteiger partial charge >= 0.3 is 0 Å². The fourth-order valence-electron chi connectivity index (χ4n) is 1.27. The maximum Gasteiger partial charge on any atom is 0.221 e. The Balaban J connectivity index is 2.54. The highest BCUT2D eigenvalue weighted by Crippen LogP contribution is 2.04. The molecule has 14 heavy (non-hydrogen) atoms. The number of carbonyl (C=O) groups excluding carboxylic acids is 1. The molecule has 1 heterocycles. The summed E-state index contributed by atoms with van der Waals surface area (Å²) in [6, 6.07) is 3.89. The first-order chi connectivity index (χ1) is 6.72. The minimum atomic E-state index is -0.312. The summed E-state index contributed by atoms with van der Waals surface area (Å²) in [6.45, 7) is 2.15. The molecule has 3 nitrogen and oxygen atoms in total. The van der Waals surface area contributed by atoms with Crippen molar-refractivity contribution in [1.82, 2.24) is 4.98 Å². The molecule has 0 bridgehead atoms. The summed E-state index contributed by atoms with van der Waals surface area (Å²) in [5.74, 6) is -0.312. The Morgan fingerprint density at radius 1 is 1.50 bits per heavy atom. The average molecular weight is 192 g/mol. The fraction of sp³-hybridized carbons (Fsp3) is 0.455. The van der Waals surface area contributed by atoms with Gasteiger partial charge in [-0.1, -0.05) is 19.4 Å². The third-order valence-electron chi connectivity index (χ3n) is 2.05. The van der Waals surface area contributed by atoms with Crippen molar-refractivity contribution in [2.24, 2.45) is 5.73 Å². The zero-order chi connectivity index (χ0) is 10.4. The monoisotopic (exact) mass is 192 g/mol. The summed E-state index contributed by atoms with van der Waals surface area (Å²) < 4.78 is 0. The molecule has 2 N–H and O–H groups in total. The third kappa shape index (κ3) is 3.56. The number of aryl methyl sites for hydroxylation is 1. The van der Waals surface area contributed by atoms with Gasteiger partial charge in [0.05, 0.1) is 6.42 Å². The van der Waals surface area contributed by atoms with Gasteiger partial charge in [-0.05, 0) is 24.5 Å². The first kappa shape index (κ1) is 10.7. The van der Waals surface area contributed by atoms with Gasteiger partial charge in [-0.15, -0.1) is 0 Å². The number of nitrogens with two attached hydrogens (primary N) is 1. The highest BCUT2D eigenvalue weighted by molar-refractivity contribution is 5.76. The van der Waals surface area contributed by atoms with E-state index < -0.39 is 0 Å². The molecule has 76 valence electrons. The van der Waals surface area contributed by atoms with Gasteiger partial charge in [-0.25, -0.2) is 0 Å². The number of amides is 1. The van der Waals surface area contributed by atoms with E-state index in [0.717, 1.165) is 24.1 Å². The maximum atomic E-state index is 10.6. The third-order valence-corrected chi connectivity index (χ3v) is 2.05. The van der Waals surface area contributed by atoms with Gasteiger partial charge in [-0.2, -0.15) is 0 Å². The zero-order valence-electron chi connectivity index (χ0n) is 8.49. The largest absolute Gasteiger partial charge is 0.369 e. The van der Waals surface area contributed by atoms with Crippen molar-refractivity contribution < 1.29 is 4.79 Å². The van der Waals surface area contributed by atoms with Gasteiger partial charge in [0.1, 0.15) is 0 Å². The molecule has 3 heteroatoms. The summed E-state index contributed by atoms with van der Waals surface area (Å²) in [5, 5.41) is 0. The van der Waals surface area contributed by atoms with Crippen molar-refractivity contribution in [3.63, 3.8) is 0 Å². The molecule has 1 aromatic rings. The number of rotatable bonds is 5. The molecule has 1 amide bonds. The second kappa shape index (κ2) is 5.37. The van der Waals surface area contributed by atoms with Gasteiger partial charge in [0, 0.05) is 11.9 Å². The van der Waals surface area contributed by atoms with Crippen molar-refractivity contribution >= 4 is 5.91 Å². The molecule has 1 aromatic heterocycles. The van der Waals surface area contributed by atoms with Crippen LogP contribution >= 0.6 is 0 Å². The molecule has 0 aromatic carbocycles. The van der Waals surface area contributed by atoms with E-state index in [1.807, 2.05) is 12.1 Å². The minimum Gasteiger partial charge on any atom is -0.369 e. The Bertz CT molecular complexity index is 293. The molecule has 0 aliphatic heterocycles. The van der Waals surface area contributed by atoms with Gasteiger partial charge in [-0.3, -0.25) is 9.78 Å². The summed E-state index contributed by atoms with van der Waals surface area (Å²) in [6.07, 6.45) is 5.34. The standard InChI is InChI=1S/C11H16N2O/c1-2-3-4-10-6-5-9(8-13-10)7-11(12)14/h5-6,8H,2-4,7H2,1H3,(H2,12,14). The van der Waals surface area contributed by atoms with Gasteiger partial charge in [0.15, 0.2) is 0 Å². The maximum absolute atomic E-state index is 10.6. The average Bonchev–Trinajstić information content (AvgIpc) is 2.16. The lowest BCUT2D eigenvalue weighted by Crippen LogP contribution is -2.13. The smallest absolute Gasteiger partial charge is 0.221 e. The molecule has 0 unspecified atom stereocenters. The molecule has 0 spiro atoms. The number of nitrogens with zero attached hydrogens (tertiary/aromatic N) is 1. The van der Waals surface area contributed by atoms with Crippen molar-refractivity contribution in [2.45, 2.75) is 32.6 Å². The Labute approximate surface area is 84.3 Å². The van der Waals surface area contributed by atoms with Crippen LogP contribution in [0.2, 0.25) is 0 Å². The van der Waals surface area contributed by atoms with Crippen LogP contribution < -0.4 is 5.73 Å². The van der Waals surface area contributed by atoms with Crippen LogP contribution in [-0.4, -0.2) is 10.9 Å². The quantitative estimate of drug-likeness (QED) is 0.767. The number of unbranched alkanes of at least 4 members (excludes halogenated alkanes) is 1. The molecule has 0 saturated heterocycles. The number of aromatic nitrogens is 1. The van der Waals surface area contributed by atoms with Crippen LogP contribution in [0, 0.1) is 0 Å². The lowest BCUT2D eigenvalue weighted by molar-refractivity contribution is -0.117. The molecule has 0 saturated carbocycles. The van der Waals surface area contributed by atoms with E-state index in [-0.39, 0.29) is 12.3 Å². The van der Waals surface area contributed by atoms with Crippen molar-refractivity contribution in [2.75, 3.05) is 0 Å². The molecule has 1 rings (SSSR count). The van der Waals surface area contributed by atoms with E-state index in [0.29, 0.717) is 0 Å². The SMILES string of the molecule is CCCCc1ccc(CC(N)=O)cn1. The van der Waals surface area contributed by atoms with Gasteiger partial charge < -0.3 is 5.73 Å². The molecule has 0 aliphatic rings. The normalized spacial score (nSPS) is 10.1. The second-order valence-corrected chi connectivity index (χ2v) is 3.40. The summed E-state index contributed by atoms with van der Waals surface area (Å²) in [4.78, 5) is 14.9. The Kier molecular flexibility index (Phi) is 4.11. The number of hydrogen-bond acceptors (Lipinski definition) is 2. The Morgan fingerprint density at radius 2 is 2.29 bits per heavy atom. The van der Waals surface area contributed by atoms with Crippen LogP contribution in [0.25, 0.3) is 0 Å². The predicted molar refractivity (Wildman–Crippen MR) is 55.7 cm³/mol. The van der Waals surface area contributed by atoms with Gasteiger partial charge in [0.2, 0.25) is 5.91 Å². The van der Waals surface area contributed by atoms with E-state index >= 15 is 0 Å². The number of primary amides is 1. The molecular weight excluding hydrogens is 176 g/mol. The lowest BCUT2D eigenvalue weighted by Gasteiger charge is -2.00. The van der Waals surface area contributed by atoms with E-state index in [4.69, 9.17) is 5.73 Å². The summed E-state index contributed by atoms with van der Waals surface area (Å²) in [7, 11) is 0. The van der Waals surface area contributed by atoms with Crippen LogP contribution in [0.3, 0.4) is 0 Å². The van der Waals surface area contributed by atoms with E-state index in [1.54, 1.807) is 6.20 Å². The lowest BCUT2D eigenvalue weighted by atomic mass is 10.1. The van der Waals surface area contributed by atoms with Gasteiger partial charge in [0.25, 0.3) is 0 Å². The van der Waals surface area contributed by atoms with E-state index in [2.05, 4.69) is 11.9 Å². The number of carbonyl (C=O) groups is 1. The second-order valence-electron chi connectivity index (χ2n) is 3.40. The Morgan fingerprint density at radius 3 is 2.79 bits per heavy atom. The van der Waals surface area contributed by atoms with Crippen LogP contribution in [0.1, 0.15) is 31.0 Å². The number of pyridine rings is 1. The van der Waals surface area contributed by atoms with Crippen LogP contribution in [0.5, 0.6) is 0 Å². The first-order valence-corrected chi connectivity index (χ1v) is 4.94. The van der Waals surface area contributed by atoms with Crippen LogP contribution in [0.15, 0.2) is 18.3 Å². The predicted octanol–water partition coefficient (Wildman–Crippen LogP) is 1.45. The van der Waals surface area contributed by atoms with Crippen LogP contribution in [0.4, 0.5) is 0 Å². The van der Waals surface area contributed by atoms with E-state index in [1.165, 1.54) is 6.42 Å².